The molecule has 6 heteroatoms. The second kappa shape index (κ2) is 5.63. The highest BCUT2D eigenvalue weighted by Crippen LogP contribution is 2.32. The molecule has 18 heavy (non-hydrogen) atoms. The molecule has 1 heterocycles. The van der Waals surface area contributed by atoms with Crippen molar-refractivity contribution in [2.45, 2.75) is 19.9 Å². The predicted octanol–water partition coefficient (Wildman–Crippen LogP) is 3.06. The van der Waals surface area contributed by atoms with Crippen molar-refractivity contribution < 1.29 is 9.47 Å². The lowest BCUT2D eigenvalue weighted by Gasteiger charge is -2.07. The van der Waals surface area contributed by atoms with E-state index >= 15 is 0 Å². The van der Waals surface area contributed by atoms with E-state index in [1.54, 1.807) is 6.07 Å². The fraction of sp³-hybridized carbons (Fsp3) is 0.417. The second-order valence-corrected chi connectivity index (χ2v) is 4.86. The number of fused-ring (bicyclic) bond motifs is 1. The Morgan fingerprint density at radius 1 is 1.28 bits per heavy atom. The Kier molecular flexibility index (Phi) is 4.14. The SMILES string of the molecule is CCOc1cc(OCC)c2c(=O)n(CCl)sc2c1. The summed E-state index contributed by atoms with van der Waals surface area (Å²) in [6, 6.07) is 3.74. The van der Waals surface area contributed by atoms with E-state index in [4.69, 9.17) is 21.1 Å². The van der Waals surface area contributed by atoms with Crippen LogP contribution in [0.5, 0.6) is 11.5 Å². The van der Waals surface area contributed by atoms with E-state index in [0.717, 1.165) is 4.70 Å². The third-order valence-corrected chi connectivity index (χ3v) is 3.82. The number of hydrogen-bond acceptors (Lipinski definition) is 4. The lowest BCUT2D eigenvalue weighted by molar-refractivity contribution is 0.326. The minimum atomic E-state index is -0.114. The standard InChI is InChI=1S/C12H14ClNO3S/c1-3-16-8-5-9(17-4-2)11-10(6-8)18-14(7-13)12(11)15/h5-6H,3-4,7H2,1-2H3. The zero-order chi connectivity index (χ0) is 13.1. The van der Waals surface area contributed by atoms with Gasteiger partial charge in [0.1, 0.15) is 22.9 Å². The molecule has 98 valence electrons. The normalized spacial score (nSPS) is 10.8. The van der Waals surface area contributed by atoms with Crippen LogP contribution >= 0.6 is 23.1 Å². The zero-order valence-electron chi connectivity index (χ0n) is 10.2. The summed E-state index contributed by atoms with van der Waals surface area (Å²) >= 11 is 7.05. The summed E-state index contributed by atoms with van der Waals surface area (Å²) in [6.45, 7) is 4.87. The molecule has 0 saturated heterocycles. The molecule has 1 aromatic heterocycles. The van der Waals surface area contributed by atoms with E-state index in [0.29, 0.717) is 30.1 Å². The molecule has 0 atom stereocenters. The van der Waals surface area contributed by atoms with Gasteiger partial charge in [0.2, 0.25) is 0 Å². The van der Waals surface area contributed by atoms with Gasteiger partial charge < -0.3 is 9.47 Å². The number of rotatable bonds is 5. The van der Waals surface area contributed by atoms with Gasteiger partial charge in [-0.15, -0.1) is 11.6 Å². The van der Waals surface area contributed by atoms with Gasteiger partial charge in [-0.25, -0.2) is 3.96 Å². The van der Waals surface area contributed by atoms with Gasteiger partial charge in [-0.1, -0.05) is 11.5 Å². The van der Waals surface area contributed by atoms with Gasteiger partial charge in [0.05, 0.1) is 17.9 Å². The molecule has 0 aliphatic heterocycles. The summed E-state index contributed by atoms with van der Waals surface area (Å²) in [5.41, 5.74) is -0.114. The molecule has 0 amide bonds. The monoisotopic (exact) mass is 287 g/mol. The smallest absolute Gasteiger partial charge is 0.273 e. The Hall–Kier alpha value is -1.20. The van der Waals surface area contributed by atoms with Crippen molar-refractivity contribution in [3.8, 4) is 11.5 Å². The van der Waals surface area contributed by atoms with E-state index in [2.05, 4.69) is 0 Å². The molecule has 0 bridgehead atoms. The van der Waals surface area contributed by atoms with Crippen LogP contribution in [-0.4, -0.2) is 17.2 Å². The van der Waals surface area contributed by atoms with Crippen LogP contribution in [-0.2, 0) is 6.00 Å². The predicted molar refractivity (Wildman–Crippen MR) is 74.3 cm³/mol. The number of halogens is 1. The van der Waals surface area contributed by atoms with Crippen molar-refractivity contribution in [3.63, 3.8) is 0 Å². The lowest BCUT2D eigenvalue weighted by atomic mass is 10.2. The minimum Gasteiger partial charge on any atom is -0.494 e. The molecule has 0 unspecified atom stereocenters. The topological polar surface area (TPSA) is 40.5 Å². The molecular formula is C12H14ClNO3S. The third-order valence-electron chi connectivity index (χ3n) is 2.41. The van der Waals surface area contributed by atoms with Gasteiger partial charge in [0, 0.05) is 6.07 Å². The number of ether oxygens (including phenoxy) is 2. The molecule has 0 N–H and O–H groups in total. The van der Waals surface area contributed by atoms with E-state index < -0.39 is 0 Å². The second-order valence-electron chi connectivity index (χ2n) is 3.56. The van der Waals surface area contributed by atoms with Gasteiger partial charge in [-0.3, -0.25) is 4.79 Å². The van der Waals surface area contributed by atoms with E-state index in [9.17, 15) is 4.79 Å². The molecule has 0 radical (unpaired) electrons. The molecule has 0 fully saturated rings. The Morgan fingerprint density at radius 3 is 2.61 bits per heavy atom. The summed E-state index contributed by atoms with van der Waals surface area (Å²) in [5, 5.41) is 0.575. The molecule has 2 aromatic rings. The van der Waals surface area contributed by atoms with Gasteiger partial charge in [0.25, 0.3) is 5.56 Å². The number of aromatic nitrogens is 1. The molecule has 1 aromatic carbocycles. The van der Waals surface area contributed by atoms with Gasteiger partial charge in [-0.2, -0.15) is 0 Å². The highest BCUT2D eigenvalue weighted by atomic mass is 35.5. The zero-order valence-corrected chi connectivity index (χ0v) is 11.8. The molecule has 0 spiro atoms. The fourth-order valence-electron chi connectivity index (χ4n) is 1.73. The first-order chi connectivity index (χ1) is 8.71. The van der Waals surface area contributed by atoms with Crippen molar-refractivity contribution >= 4 is 33.2 Å². The van der Waals surface area contributed by atoms with Crippen molar-refractivity contribution in [1.82, 2.24) is 3.96 Å². The third kappa shape index (κ3) is 2.33. The Morgan fingerprint density at radius 2 is 2.00 bits per heavy atom. The highest BCUT2D eigenvalue weighted by Gasteiger charge is 2.14. The number of nitrogens with zero attached hydrogens (tertiary/aromatic N) is 1. The first kappa shape index (κ1) is 13.2. The summed E-state index contributed by atoms with van der Waals surface area (Å²) in [7, 11) is 0. The van der Waals surface area contributed by atoms with Crippen LogP contribution in [0.3, 0.4) is 0 Å². The maximum atomic E-state index is 12.1. The number of alkyl halides is 1. The van der Waals surface area contributed by atoms with Gasteiger partial charge in [-0.05, 0) is 19.9 Å². The highest BCUT2D eigenvalue weighted by molar-refractivity contribution is 7.14. The van der Waals surface area contributed by atoms with Crippen LogP contribution < -0.4 is 15.0 Å². The molecule has 0 aliphatic rings. The quantitative estimate of drug-likeness (QED) is 0.794. The van der Waals surface area contributed by atoms with Crippen LogP contribution in [0.15, 0.2) is 16.9 Å². The molecule has 2 rings (SSSR count). The van der Waals surface area contributed by atoms with Crippen LogP contribution in [0.2, 0.25) is 0 Å². The lowest BCUT2D eigenvalue weighted by Crippen LogP contribution is -2.11. The Balaban J connectivity index is 2.67. The molecule has 0 saturated carbocycles. The molecule has 0 aliphatic carbocycles. The van der Waals surface area contributed by atoms with Crippen molar-refractivity contribution in [2.24, 2.45) is 0 Å². The van der Waals surface area contributed by atoms with Crippen molar-refractivity contribution in [3.05, 3.63) is 22.5 Å². The van der Waals surface area contributed by atoms with E-state index in [1.165, 1.54) is 15.5 Å². The minimum absolute atomic E-state index is 0.114. The van der Waals surface area contributed by atoms with Crippen molar-refractivity contribution in [1.29, 1.82) is 0 Å². The summed E-state index contributed by atoms with van der Waals surface area (Å²) < 4.78 is 13.3. The Labute approximate surface area is 114 Å². The number of hydrogen-bond donors (Lipinski definition) is 0. The van der Waals surface area contributed by atoms with Crippen LogP contribution in [0, 0.1) is 0 Å². The van der Waals surface area contributed by atoms with Crippen LogP contribution in [0.4, 0.5) is 0 Å². The Bertz CT molecular complexity index is 605. The molecular weight excluding hydrogens is 274 g/mol. The van der Waals surface area contributed by atoms with E-state index in [1.807, 2.05) is 19.9 Å². The van der Waals surface area contributed by atoms with Crippen molar-refractivity contribution in [2.75, 3.05) is 13.2 Å². The van der Waals surface area contributed by atoms with Gasteiger partial charge in [0.15, 0.2) is 0 Å². The average molecular weight is 288 g/mol. The fourth-order valence-corrected chi connectivity index (χ4v) is 2.89. The maximum absolute atomic E-state index is 12.1. The summed E-state index contributed by atoms with van der Waals surface area (Å²) in [5.74, 6) is 1.26. The maximum Gasteiger partial charge on any atom is 0.273 e. The van der Waals surface area contributed by atoms with Crippen LogP contribution in [0.25, 0.3) is 10.1 Å². The first-order valence-electron chi connectivity index (χ1n) is 5.70. The first-order valence-corrected chi connectivity index (χ1v) is 7.01. The van der Waals surface area contributed by atoms with Gasteiger partial charge >= 0.3 is 0 Å². The summed E-state index contributed by atoms with van der Waals surface area (Å²) in [4.78, 5) is 12.1. The largest absolute Gasteiger partial charge is 0.494 e. The average Bonchev–Trinajstić information content (AvgIpc) is 2.67. The van der Waals surface area contributed by atoms with Crippen LogP contribution in [0.1, 0.15) is 13.8 Å². The molecule has 4 nitrogen and oxygen atoms in total. The number of benzene rings is 1. The van der Waals surface area contributed by atoms with E-state index in [-0.39, 0.29) is 11.6 Å². The summed E-state index contributed by atoms with van der Waals surface area (Å²) in [6.07, 6.45) is 0.